The molecular formula is C16H25N5O3S. The number of morpholine rings is 1. The van der Waals surface area contributed by atoms with E-state index in [0.29, 0.717) is 6.54 Å². The van der Waals surface area contributed by atoms with Gasteiger partial charge in [-0.2, -0.15) is 0 Å². The molecule has 0 radical (unpaired) electrons. The number of amides is 3. The molecule has 8 nitrogen and oxygen atoms in total. The zero-order valence-electron chi connectivity index (χ0n) is 14.7. The van der Waals surface area contributed by atoms with Crippen LogP contribution in [0.3, 0.4) is 0 Å². The zero-order valence-corrected chi connectivity index (χ0v) is 15.5. The van der Waals surface area contributed by atoms with E-state index >= 15 is 0 Å². The molecule has 0 aliphatic carbocycles. The van der Waals surface area contributed by atoms with Crippen LogP contribution >= 0.6 is 11.8 Å². The highest BCUT2D eigenvalue weighted by atomic mass is 32.2. The number of imide groups is 1. The molecule has 3 heterocycles. The molecule has 3 amide bonds. The molecular weight excluding hydrogens is 342 g/mol. The smallest absolute Gasteiger partial charge is 0.325 e. The second-order valence-electron chi connectivity index (χ2n) is 6.56. The number of urea groups is 1. The third-order valence-electron chi connectivity index (χ3n) is 4.51. The number of nitrogens with zero attached hydrogens (tertiary/aromatic N) is 4. The van der Waals surface area contributed by atoms with Gasteiger partial charge >= 0.3 is 6.03 Å². The van der Waals surface area contributed by atoms with E-state index in [-0.39, 0.29) is 5.91 Å². The van der Waals surface area contributed by atoms with Gasteiger partial charge in [-0.1, -0.05) is 23.9 Å². The monoisotopic (exact) mass is 367 g/mol. The minimum atomic E-state index is -0.481. The number of hydrogen-bond acceptors (Lipinski definition) is 7. The van der Waals surface area contributed by atoms with E-state index in [1.165, 1.54) is 4.90 Å². The minimum Gasteiger partial charge on any atom is -0.379 e. The number of carbonyl (C=O) groups is 2. The lowest BCUT2D eigenvalue weighted by atomic mass is 10.1. The van der Waals surface area contributed by atoms with Gasteiger partial charge in [0.05, 0.1) is 13.2 Å². The Hall–Kier alpha value is -1.58. The van der Waals surface area contributed by atoms with Gasteiger partial charge in [0, 0.05) is 39.0 Å². The highest BCUT2D eigenvalue weighted by Crippen LogP contribution is 2.29. The summed E-state index contributed by atoms with van der Waals surface area (Å²) in [4.78, 5) is 34.7. The number of likely N-dealkylation sites (N-methyl/N-ethyl adjacent to an activating group) is 1. The van der Waals surface area contributed by atoms with Gasteiger partial charge in [-0.3, -0.25) is 15.0 Å². The fourth-order valence-corrected chi connectivity index (χ4v) is 4.23. The summed E-state index contributed by atoms with van der Waals surface area (Å²) >= 11 is 1.63. The second kappa shape index (κ2) is 7.76. The molecule has 2 unspecified atom stereocenters. The van der Waals surface area contributed by atoms with Crippen LogP contribution in [0.15, 0.2) is 17.1 Å². The molecule has 0 aromatic carbocycles. The van der Waals surface area contributed by atoms with Gasteiger partial charge < -0.3 is 14.5 Å². The Labute approximate surface area is 152 Å². The molecule has 2 saturated heterocycles. The number of carbonyl (C=O) groups excluding carboxylic acids is 2. The molecule has 138 valence electrons. The first-order valence-corrected chi connectivity index (χ1v) is 9.45. The van der Waals surface area contributed by atoms with E-state index in [2.05, 4.69) is 21.8 Å². The summed E-state index contributed by atoms with van der Waals surface area (Å²) < 4.78 is 5.37. The third-order valence-corrected chi connectivity index (χ3v) is 5.49. The lowest BCUT2D eigenvalue weighted by Crippen LogP contribution is -2.63. The number of hydrogen-bond donors (Lipinski definition) is 1. The van der Waals surface area contributed by atoms with E-state index in [1.54, 1.807) is 18.8 Å². The van der Waals surface area contributed by atoms with Gasteiger partial charge in [0.1, 0.15) is 0 Å². The van der Waals surface area contributed by atoms with Crippen molar-refractivity contribution in [2.24, 2.45) is 4.99 Å². The van der Waals surface area contributed by atoms with Crippen molar-refractivity contribution in [3.8, 4) is 0 Å². The Kier molecular flexibility index (Phi) is 5.65. The second-order valence-corrected chi connectivity index (χ2v) is 7.62. The van der Waals surface area contributed by atoms with Crippen LogP contribution in [0.5, 0.6) is 0 Å². The lowest BCUT2D eigenvalue weighted by molar-refractivity contribution is -0.126. The van der Waals surface area contributed by atoms with Crippen molar-refractivity contribution in [2.75, 3.05) is 52.2 Å². The Morgan fingerprint density at radius 3 is 2.80 bits per heavy atom. The quantitative estimate of drug-likeness (QED) is 0.699. The van der Waals surface area contributed by atoms with Crippen LogP contribution in [0.2, 0.25) is 0 Å². The summed E-state index contributed by atoms with van der Waals surface area (Å²) in [6.45, 7) is 10.9. The van der Waals surface area contributed by atoms with Crippen LogP contribution in [0.25, 0.3) is 0 Å². The topological polar surface area (TPSA) is 77.5 Å². The molecule has 0 bridgehead atoms. The molecule has 1 N–H and O–H groups in total. The average molecular weight is 367 g/mol. The average Bonchev–Trinajstić information content (AvgIpc) is 2.92. The molecule has 9 heteroatoms. The van der Waals surface area contributed by atoms with Crippen molar-refractivity contribution in [1.29, 1.82) is 0 Å². The number of aliphatic imine (C=N–C) groups is 1. The number of amidine groups is 1. The van der Waals surface area contributed by atoms with Gasteiger partial charge in [-0.05, 0) is 6.92 Å². The van der Waals surface area contributed by atoms with Gasteiger partial charge in [0.2, 0.25) is 0 Å². The molecule has 0 saturated carbocycles. The molecule has 25 heavy (non-hydrogen) atoms. The molecule has 3 aliphatic rings. The van der Waals surface area contributed by atoms with Crippen LogP contribution in [-0.4, -0.2) is 96.2 Å². The molecule has 2 fully saturated rings. The Balaban J connectivity index is 1.67. The predicted molar refractivity (Wildman–Crippen MR) is 97.5 cm³/mol. The number of thioether (sulfide) groups is 1. The normalized spacial score (nSPS) is 27.2. The Morgan fingerprint density at radius 1 is 1.40 bits per heavy atom. The maximum atomic E-state index is 12.4. The van der Waals surface area contributed by atoms with Crippen molar-refractivity contribution in [3.05, 3.63) is 12.2 Å². The Bertz CT molecular complexity index is 590. The maximum Gasteiger partial charge on any atom is 0.325 e. The molecule has 0 spiro atoms. The van der Waals surface area contributed by atoms with Crippen molar-refractivity contribution in [2.45, 2.75) is 19.1 Å². The van der Waals surface area contributed by atoms with Gasteiger partial charge in [-0.25, -0.2) is 9.79 Å². The lowest BCUT2D eigenvalue weighted by Gasteiger charge is -2.36. The van der Waals surface area contributed by atoms with E-state index in [1.807, 2.05) is 11.8 Å². The fraction of sp³-hybridized carbons (Fsp3) is 0.688. The van der Waals surface area contributed by atoms with Gasteiger partial charge in [0.25, 0.3) is 5.91 Å². The van der Waals surface area contributed by atoms with Crippen LogP contribution in [0, 0.1) is 0 Å². The summed E-state index contributed by atoms with van der Waals surface area (Å²) in [5, 5.41) is 3.21. The van der Waals surface area contributed by atoms with Gasteiger partial charge in [0.15, 0.2) is 17.4 Å². The molecule has 3 aliphatic heterocycles. The number of rotatable bonds is 5. The molecule has 0 aromatic heterocycles. The van der Waals surface area contributed by atoms with Gasteiger partial charge in [-0.15, -0.1) is 0 Å². The summed E-state index contributed by atoms with van der Waals surface area (Å²) in [5.74, 6) is 0.589. The fourth-order valence-electron chi connectivity index (χ4n) is 3.17. The number of ether oxygens (including phenoxy) is 1. The standard InChI is InChI=1S/C16H25N5O3S/c1-11(2)10-21-12-13(19(3)15(23)18-14(12)22)17-16(21)25-9-6-20-4-7-24-8-5-20/h12-13H,1,4-10H2,2-3H3,(H,18,22,23). The van der Waals surface area contributed by atoms with Crippen molar-refractivity contribution >= 4 is 28.9 Å². The first-order chi connectivity index (χ1) is 12.0. The van der Waals surface area contributed by atoms with E-state index < -0.39 is 18.2 Å². The summed E-state index contributed by atoms with van der Waals surface area (Å²) in [6, 6.07) is -0.880. The molecule has 3 rings (SSSR count). The van der Waals surface area contributed by atoms with Crippen molar-refractivity contribution < 1.29 is 14.3 Å². The van der Waals surface area contributed by atoms with Crippen molar-refractivity contribution in [3.63, 3.8) is 0 Å². The van der Waals surface area contributed by atoms with E-state index in [4.69, 9.17) is 4.74 Å². The first kappa shape index (κ1) is 18.2. The maximum absolute atomic E-state index is 12.4. The first-order valence-electron chi connectivity index (χ1n) is 8.47. The predicted octanol–water partition coefficient (Wildman–Crippen LogP) is 0.176. The summed E-state index contributed by atoms with van der Waals surface area (Å²) in [5.41, 5.74) is 0.953. The third kappa shape index (κ3) is 3.99. The largest absolute Gasteiger partial charge is 0.379 e. The minimum absolute atomic E-state index is 0.290. The summed E-state index contributed by atoms with van der Waals surface area (Å²) in [7, 11) is 1.67. The van der Waals surface area contributed by atoms with Crippen LogP contribution in [-0.2, 0) is 9.53 Å². The molecule has 0 aromatic rings. The SMILES string of the molecule is C=C(C)CN1C(SCCN2CCOCC2)=NC2C1C(=O)NC(=O)N2C. The Morgan fingerprint density at radius 2 is 2.12 bits per heavy atom. The van der Waals surface area contributed by atoms with Crippen LogP contribution < -0.4 is 5.32 Å². The van der Waals surface area contributed by atoms with Crippen molar-refractivity contribution in [1.82, 2.24) is 20.0 Å². The highest BCUT2D eigenvalue weighted by Gasteiger charge is 2.48. The van der Waals surface area contributed by atoms with Crippen LogP contribution in [0.1, 0.15) is 6.92 Å². The van der Waals surface area contributed by atoms with E-state index in [9.17, 15) is 9.59 Å². The zero-order chi connectivity index (χ0) is 18.0. The number of fused-ring (bicyclic) bond motifs is 1. The molecule has 2 atom stereocenters. The highest BCUT2D eigenvalue weighted by molar-refractivity contribution is 8.13. The van der Waals surface area contributed by atoms with Crippen LogP contribution in [0.4, 0.5) is 4.79 Å². The number of nitrogens with one attached hydrogen (secondary N) is 1. The van der Waals surface area contributed by atoms with E-state index in [0.717, 1.165) is 49.3 Å². The summed E-state index contributed by atoms with van der Waals surface area (Å²) in [6.07, 6.45) is -0.466.